The van der Waals surface area contributed by atoms with Crippen molar-refractivity contribution in [1.82, 2.24) is 10.2 Å². The normalized spacial score (nSPS) is 24.8. The second-order valence-corrected chi connectivity index (χ2v) is 10.7. The lowest BCUT2D eigenvalue weighted by molar-refractivity contribution is -0.126. The van der Waals surface area contributed by atoms with Gasteiger partial charge in [-0.05, 0) is 82.7 Å². The van der Waals surface area contributed by atoms with Crippen LogP contribution in [0, 0.1) is 0 Å². The molecule has 1 aromatic carbocycles. The van der Waals surface area contributed by atoms with E-state index in [0.29, 0.717) is 18.9 Å². The zero-order valence-corrected chi connectivity index (χ0v) is 19.0. The Morgan fingerprint density at radius 2 is 1.83 bits per heavy atom. The number of hydrogen-bond donors (Lipinski definition) is 1. The molecular formula is C24H32N2O3S. The first-order valence-electron chi connectivity index (χ1n) is 11.1. The molecule has 1 aromatic heterocycles. The van der Waals surface area contributed by atoms with Crippen LogP contribution < -0.4 is 5.32 Å². The number of fused-ring (bicyclic) bond motifs is 1. The van der Waals surface area contributed by atoms with Gasteiger partial charge < -0.3 is 10.1 Å². The van der Waals surface area contributed by atoms with E-state index >= 15 is 0 Å². The lowest BCUT2D eigenvalue weighted by Gasteiger charge is -2.31. The lowest BCUT2D eigenvalue weighted by atomic mass is 9.85. The van der Waals surface area contributed by atoms with Gasteiger partial charge in [0.2, 0.25) is 5.91 Å². The third-order valence-corrected chi connectivity index (χ3v) is 7.38. The molecule has 1 saturated carbocycles. The van der Waals surface area contributed by atoms with Gasteiger partial charge in [0.25, 0.3) is 0 Å². The molecule has 1 saturated heterocycles. The van der Waals surface area contributed by atoms with Crippen molar-refractivity contribution in [3.63, 3.8) is 0 Å². The van der Waals surface area contributed by atoms with Gasteiger partial charge in [-0.2, -0.15) is 0 Å². The molecule has 0 radical (unpaired) electrons. The van der Waals surface area contributed by atoms with Crippen molar-refractivity contribution in [2.24, 2.45) is 0 Å². The highest BCUT2D eigenvalue weighted by Crippen LogP contribution is 2.39. The second-order valence-electron chi connectivity index (χ2n) is 9.58. The van der Waals surface area contributed by atoms with Crippen molar-refractivity contribution >= 4 is 33.4 Å². The van der Waals surface area contributed by atoms with E-state index in [1.807, 2.05) is 32.1 Å². The summed E-state index contributed by atoms with van der Waals surface area (Å²) in [6.07, 6.45) is 5.34. The molecule has 2 amide bonds. The molecule has 0 unspecified atom stereocenters. The smallest absolute Gasteiger partial charge is 0.410 e. The fourth-order valence-electron chi connectivity index (χ4n) is 4.60. The Morgan fingerprint density at radius 3 is 2.53 bits per heavy atom. The monoisotopic (exact) mass is 428 g/mol. The van der Waals surface area contributed by atoms with Gasteiger partial charge in [-0.25, -0.2) is 4.79 Å². The van der Waals surface area contributed by atoms with Crippen molar-refractivity contribution in [1.29, 1.82) is 0 Å². The Morgan fingerprint density at radius 1 is 1.10 bits per heavy atom. The van der Waals surface area contributed by atoms with E-state index in [1.165, 1.54) is 15.0 Å². The van der Waals surface area contributed by atoms with Gasteiger partial charge >= 0.3 is 6.09 Å². The van der Waals surface area contributed by atoms with Gasteiger partial charge in [0.05, 0.1) is 0 Å². The molecule has 30 heavy (non-hydrogen) atoms. The van der Waals surface area contributed by atoms with E-state index in [4.69, 9.17) is 4.74 Å². The summed E-state index contributed by atoms with van der Waals surface area (Å²) < 4.78 is 6.84. The van der Waals surface area contributed by atoms with E-state index in [0.717, 1.165) is 32.1 Å². The fourth-order valence-corrected chi connectivity index (χ4v) is 5.84. The van der Waals surface area contributed by atoms with Crippen LogP contribution in [0.15, 0.2) is 30.3 Å². The molecule has 0 spiro atoms. The third kappa shape index (κ3) is 4.80. The minimum absolute atomic E-state index is 0.0244. The molecule has 0 bridgehead atoms. The van der Waals surface area contributed by atoms with Gasteiger partial charge in [-0.1, -0.05) is 18.2 Å². The number of amides is 2. The van der Waals surface area contributed by atoms with Gasteiger partial charge in [0.15, 0.2) is 0 Å². The maximum atomic E-state index is 12.9. The minimum atomic E-state index is -0.550. The molecule has 4 rings (SSSR count). The number of ether oxygens (including phenoxy) is 1. The fraction of sp³-hybridized carbons (Fsp3) is 0.583. The predicted octanol–water partition coefficient (Wildman–Crippen LogP) is 5.44. The maximum Gasteiger partial charge on any atom is 0.410 e. The number of thiophene rings is 1. The highest BCUT2D eigenvalue weighted by Gasteiger charge is 2.37. The first-order valence-corrected chi connectivity index (χ1v) is 11.9. The summed E-state index contributed by atoms with van der Waals surface area (Å²) >= 11 is 1.90. The van der Waals surface area contributed by atoms with Crippen LogP contribution in [0.2, 0.25) is 0 Å². The largest absolute Gasteiger partial charge is 0.444 e. The molecule has 2 heterocycles. The molecule has 2 aromatic rings. The summed E-state index contributed by atoms with van der Waals surface area (Å²) in [6, 6.07) is 10.7. The van der Waals surface area contributed by atoms with Crippen LogP contribution >= 0.6 is 11.3 Å². The van der Waals surface area contributed by atoms with Crippen LogP contribution in [-0.2, 0) is 9.53 Å². The SMILES string of the molecule is CC(C)(C)OC(=O)N1CCC[C@@H]1C(=O)NC1CCC(c2cc3ccccc3s2)CC1. The number of likely N-dealkylation sites (tertiary alicyclic amines) is 1. The topological polar surface area (TPSA) is 58.6 Å². The molecule has 2 aliphatic rings. The van der Waals surface area contributed by atoms with Crippen LogP contribution in [0.1, 0.15) is 70.1 Å². The molecule has 6 heteroatoms. The van der Waals surface area contributed by atoms with Crippen LogP contribution in [-0.4, -0.2) is 41.1 Å². The van der Waals surface area contributed by atoms with Crippen LogP contribution in [0.3, 0.4) is 0 Å². The van der Waals surface area contributed by atoms with Crippen molar-refractivity contribution < 1.29 is 14.3 Å². The molecule has 1 aliphatic heterocycles. The number of nitrogens with one attached hydrogen (secondary N) is 1. The zero-order valence-electron chi connectivity index (χ0n) is 18.1. The van der Waals surface area contributed by atoms with Crippen molar-refractivity contribution in [2.75, 3.05) is 6.54 Å². The Bertz CT molecular complexity index is 876. The predicted molar refractivity (Wildman–Crippen MR) is 121 cm³/mol. The number of carbonyl (C=O) groups excluding carboxylic acids is 2. The van der Waals surface area contributed by atoms with Crippen molar-refractivity contribution in [2.45, 2.75) is 82.9 Å². The first kappa shape index (κ1) is 21.2. The standard InChI is InChI=1S/C24H32N2O3S/c1-24(2,3)29-23(28)26-14-6-8-19(26)22(27)25-18-12-10-16(11-13-18)21-15-17-7-4-5-9-20(17)30-21/h4-5,7,9,15-16,18-19H,6,8,10-14H2,1-3H3,(H,25,27)/t16?,18?,19-/m1/s1. The Labute approximate surface area is 182 Å². The second kappa shape index (κ2) is 8.58. The zero-order chi connectivity index (χ0) is 21.3. The van der Waals surface area contributed by atoms with Crippen LogP contribution in [0.25, 0.3) is 10.1 Å². The molecule has 2 fully saturated rings. The number of rotatable bonds is 3. The molecule has 1 atom stereocenters. The number of nitrogens with zero attached hydrogens (tertiary/aromatic N) is 1. The van der Waals surface area contributed by atoms with Crippen LogP contribution in [0.5, 0.6) is 0 Å². The van der Waals surface area contributed by atoms with Gasteiger partial charge in [-0.15, -0.1) is 11.3 Å². The van der Waals surface area contributed by atoms with Crippen LogP contribution in [0.4, 0.5) is 4.79 Å². The average molecular weight is 429 g/mol. The Balaban J connectivity index is 1.31. The summed E-state index contributed by atoms with van der Waals surface area (Å²) in [7, 11) is 0. The highest BCUT2D eigenvalue weighted by molar-refractivity contribution is 7.19. The summed E-state index contributed by atoms with van der Waals surface area (Å²) in [5, 5.41) is 4.55. The van der Waals surface area contributed by atoms with E-state index < -0.39 is 11.6 Å². The van der Waals surface area contributed by atoms with Crippen molar-refractivity contribution in [3.8, 4) is 0 Å². The maximum absolute atomic E-state index is 12.9. The number of benzene rings is 1. The quantitative estimate of drug-likeness (QED) is 0.708. The summed E-state index contributed by atoms with van der Waals surface area (Å²) in [4.78, 5) is 28.4. The Kier molecular flexibility index (Phi) is 6.05. The number of hydrogen-bond acceptors (Lipinski definition) is 4. The summed E-state index contributed by atoms with van der Waals surface area (Å²) in [6.45, 7) is 6.15. The first-order chi connectivity index (χ1) is 14.3. The Hall–Kier alpha value is -2.08. The van der Waals surface area contributed by atoms with Crippen molar-refractivity contribution in [3.05, 3.63) is 35.2 Å². The molecular weight excluding hydrogens is 396 g/mol. The number of carbonyl (C=O) groups is 2. The van der Waals surface area contributed by atoms with E-state index in [1.54, 1.807) is 4.90 Å². The van der Waals surface area contributed by atoms with E-state index in [-0.39, 0.29) is 18.0 Å². The van der Waals surface area contributed by atoms with E-state index in [9.17, 15) is 9.59 Å². The van der Waals surface area contributed by atoms with Gasteiger partial charge in [0, 0.05) is 22.2 Å². The molecule has 1 N–H and O–H groups in total. The summed E-state index contributed by atoms with van der Waals surface area (Å²) in [5.74, 6) is 0.559. The lowest BCUT2D eigenvalue weighted by Crippen LogP contribution is -2.50. The summed E-state index contributed by atoms with van der Waals surface area (Å²) in [5.41, 5.74) is -0.550. The highest BCUT2D eigenvalue weighted by atomic mass is 32.1. The molecule has 162 valence electrons. The van der Waals surface area contributed by atoms with Gasteiger partial charge in [-0.3, -0.25) is 9.69 Å². The molecule has 1 aliphatic carbocycles. The minimum Gasteiger partial charge on any atom is -0.444 e. The van der Waals surface area contributed by atoms with E-state index in [2.05, 4.69) is 35.6 Å². The molecule has 5 nitrogen and oxygen atoms in total. The third-order valence-electron chi connectivity index (χ3n) is 6.10. The average Bonchev–Trinajstić information content (AvgIpc) is 3.34. The van der Waals surface area contributed by atoms with Gasteiger partial charge in [0.1, 0.15) is 11.6 Å².